The summed E-state index contributed by atoms with van der Waals surface area (Å²) in [7, 11) is 0. The van der Waals surface area contributed by atoms with E-state index in [0.717, 1.165) is 0 Å². The molecule has 0 spiro atoms. The molecule has 1 atom stereocenters. The van der Waals surface area contributed by atoms with Gasteiger partial charge in [-0.25, -0.2) is 0 Å². The number of alkyl halides is 3. The van der Waals surface area contributed by atoms with Gasteiger partial charge in [-0.1, -0.05) is 18.2 Å². The lowest BCUT2D eigenvalue weighted by molar-refractivity contribution is -0.143. The topological polar surface area (TPSA) is 61.4 Å². The van der Waals surface area contributed by atoms with Crippen LogP contribution in [0.3, 0.4) is 0 Å². The fourth-order valence-corrected chi connectivity index (χ4v) is 2.65. The van der Waals surface area contributed by atoms with Crippen molar-refractivity contribution in [2.45, 2.75) is 12.6 Å². The van der Waals surface area contributed by atoms with Crippen molar-refractivity contribution in [1.29, 1.82) is 0 Å². The molecule has 0 aromatic heterocycles. The highest BCUT2D eigenvalue weighted by atomic mass is 19.4. The molecule has 2 rings (SSSR count). The number of rotatable bonds is 6. The molecule has 1 aromatic rings. The van der Waals surface area contributed by atoms with E-state index in [-0.39, 0.29) is 24.3 Å². The summed E-state index contributed by atoms with van der Waals surface area (Å²) >= 11 is 0. The van der Waals surface area contributed by atoms with Gasteiger partial charge in [0.15, 0.2) is 0 Å². The van der Waals surface area contributed by atoms with Crippen molar-refractivity contribution in [2.75, 3.05) is 32.7 Å². The molecule has 5 nitrogen and oxygen atoms in total. The van der Waals surface area contributed by atoms with Gasteiger partial charge in [-0.05, 0) is 31.0 Å². The molecule has 0 bridgehead atoms. The van der Waals surface area contributed by atoms with Gasteiger partial charge in [0.05, 0.1) is 13.1 Å². The van der Waals surface area contributed by atoms with Crippen LogP contribution in [-0.2, 0) is 4.79 Å². The Morgan fingerprint density at radius 1 is 1.17 bits per heavy atom. The Kier molecular flexibility index (Phi) is 6.19. The van der Waals surface area contributed by atoms with Gasteiger partial charge in [0, 0.05) is 18.7 Å². The summed E-state index contributed by atoms with van der Waals surface area (Å²) in [4.78, 5) is 24.8. The van der Waals surface area contributed by atoms with Crippen LogP contribution in [0.15, 0.2) is 30.3 Å². The minimum Gasteiger partial charge on any atom is -0.354 e. The molecule has 0 saturated carbocycles. The molecule has 1 aliphatic rings. The Morgan fingerprint density at radius 3 is 2.54 bits per heavy atom. The van der Waals surface area contributed by atoms with E-state index in [1.807, 2.05) is 0 Å². The number of hydrogen-bond donors (Lipinski definition) is 2. The number of nitrogens with one attached hydrogen (secondary N) is 2. The zero-order chi connectivity index (χ0) is 17.6. The van der Waals surface area contributed by atoms with Gasteiger partial charge in [0.1, 0.15) is 0 Å². The molecule has 132 valence electrons. The molecule has 1 heterocycles. The zero-order valence-corrected chi connectivity index (χ0v) is 13.1. The van der Waals surface area contributed by atoms with Crippen LogP contribution in [0, 0.1) is 5.92 Å². The maximum absolute atomic E-state index is 12.3. The lowest BCUT2D eigenvalue weighted by atomic mass is 10.1. The standard InChI is InChI=1S/C16H20F3N3O2/c17-16(18,19)11-22-7-6-12(10-22)8-20-14(23)9-21-15(24)13-4-2-1-3-5-13/h1-5,12H,6-11H2,(H,20,23)(H,21,24). The average molecular weight is 343 g/mol. The van der Waals surface area contributed by atoms with E-state index in [1.54, 1.807) is 30.3 Å². The van der Waals surface area contributed by atoms with Gasteiger partial charge in [-0.15, -0.1) is 0 Å². The molecule has 8 heteroatoms. The van der Waals surface area contributed by atoms with Crippen molar-refractivity contribution in [3.63, 3.8) is 0 Å². The summed E-state index contributed by atoms with van der Waals surface area (Å²) in [5, 5.41) is 5.16. The fraction of sp³-hybridized carbons (Fsp3) is 0.500. The fourth-order valence-electron chi connectivity index (χ4n) is 2.65. The van der Waals surface area contributed by atoms with Gasteiger partial charge in [-0.2, -0.15) is 13.2 Å². The number of hydrogen-bond acceptors (Lipinski definition) is 3. The summed E-state index contributed by atoms with van der Waals surface area (Å²) in [5.41, 5.74) is 0.462. The van der Waals surface area contributed by atoms with Crippen LogP contribution in [0.2, 0.25) is 0 Å². The van der Waals surface area contributed by atoms with Crippen molar-refractivity contribution in [3.05, 3.63) is 35.9 Å². The van der Waals surface area contributed by atoms with Crippen molar-refractivity contribution in [2.24, 2.45) is 5.92 Å². The van der Waals surface area contributed by atoms with Gasteiger partial charge < -0.3 is 10.6 Å². The van der Waals surface area contributed by atoms with E-state index in [2.05, 4.69) is 10.6 Å². The third-order valence-corrected chi connectivity index (χ3v) is 3.81. The molecule has 2 amide bonds. The van der Waals surface area contributed by atoms with Crippen LogP contribution in [0.4, 0.5) is 13.2 Å². The predicted molar refractivity (Wildman–Crippen MR) is 82.4 cm³/mol. The van der Waals surface area contributed by atoms with E-state index in [4.69, 9.17) is 0 Å². The molecule has 1 aromatic carbocycles. The molecule has 0 aliphatic carbocycles. The lowest BCUT2D eigenvalue weighted by Gasteiger charge is -2.18. The molecule has 1 aliphatic heterocycles. The molecule has 0 radical (unpaired) electrons. The molecular formula is C16H20F3N3O2. The monoisotopic (exact) mass is 343 g/mol. The Balaban J connectivity index is 1.64. The van der Waals surface area contributed by atoms with E-state index in [0.29, 0.717) is 31.6 Å². The molecule has 2 N–H and O–H groups in total. The zero-order valence-electron chi connectivity index (χ0n) is 13.1. The second-order valence-corrected chi connectivity index (χ2v) is 5.86. The van der Waals surface area contributed by atoms with E-state index < -0.39 is 12.7 Å². The summed E-state index contributed by atoms with van der Waals surface area (Å²) in [6, 6.07) is 8.51. The second kappa shape index (κ2) is 8.14. The number of halogens is 3. The first-order chi connectivity index (χ1) is 11.3. The summed E-state index contributed by atoms with van der Waals surface area (Å²) in [6.07, 6.45) is -3.58. The normalized spacial score (nSPS) is 18.4. The van der Waals surface area contributed by atoms with Crippen LogP contribution in [0.5, 0.6) is 0 Å². The summed E-state index contributed by atoms with van der Waals surface area (Å²) in [5.74, 6) is -0.697. The molecule has 1 fully saturated rings. The van der Waals surface area contributed by atoms with Crippen molar-refractivity contribution < 1.29 is 22.8 Å². The largest absolute Gasteiger partial charge is 0.401 e. The number of amides is 2. The Labute approximate surface area is 138 Å². The highest BCUT2D eigenvalue weighted by molar-refractivity contribution is 5.96. The van der Waals surface area contributed by atoms with Crippen LogP contribution < -0.4 is 10.6 Å². The molecular weight excluding hydrogens is 323 g/mol. The predicted octanol–water partition coefficient (Wildman–Crippen LogP) is 1.42. The third-order valence-electron chi connectivity index (χ3n) is 3.81. The van der Waals surface area contributed by atoms with E-state index >= 15 is 0 Å². The number of likely N-dealkylation sites (tertiary alicyclic amines) is 1. The Morgan fingerprint density at radius 2 is 1.88 bits per heavy atom. The first-order valence-corrected chi connectivity index (χ1v) is 7.72. The van der Waals surface area contributed by atoms with Gasteiger partial charge in [0.25, 0.3) is 5.91 Å². The van der Waals surface area contributed by atoms with E-state index in [1.165, 1.54) is 4.90 Å². The highest BCUT2D eigenvalue weighted by Gasteiger charge is 2.34. The maximum atomic E-state index is 12.3. The number of benzene rings is 1. The molecule has 1 unspecified atom stereocenters. The minimum atomic E-state index is -4.19. The first-order valence-electron chi connectivity index (χ1n) is 7.72. The summed E-state index contributed by atoms with van der Waals surface area (Å²) in [6.45, 7) is -0.0629. The smallest absolute Gasteiger partial charge is 0.354 e. The first kappa shape index (κ1) is 18.3. The maximum Gasteiger partial charge on any atom is 0.401 e. The lowest BCUT2D eigenvalue weighted by Crippen LogP contribution is -2.39. The third kappa shape index (κ3) is 6.19. The molecule has 1 saturated heterocycles. The second-order valence-electron chi connectivity index (χ2n) is 5.86. The van der Waals surface area contributed by atoms with Crippen LogP contribution in [0.25, 0.3) is 0 Å². The van der Waals surface area contributed by atoms with Crippen LogP contribution in [-0.4, -0.2) is 55.6 Å². The van der Waals surface area contributed by atoms with Crippen LogP contribution >= 0.6 is 0 Å². The van der Waals surface area contributed by atoms with Crippen molar-refractivity contribution in [3.8, 4) is 0 Å². The quantitative estimate of drug-likeness (QED) is 0.821. The number of carbonyl (C=O) groups is 2. The van der Waals surface area contributed by atoms with Crippen LogP contribution in [0.1, 0.15) is 16.8 Å². The van der Waals surface area contributed by atoms with Gasteiger partial charge in [-0.3, -0.25) is 14.5 Å². The summed E-state index contributed by atoms with van der Waals surface area (Å²) < 4.78 is 36.9. The number of carbonyl (C=O) groups excluding carboxylic acids is 2. The van der Waals surface area contributed by atoms with Gasteiger partial charge in [0.2, 0.25) is 5.91 Å². The molecule has 24 heavy (non-hydrogen) atoms. The Hall–Kier alpha value is -2.09. The highest BCUT2D eigenvalue weighted by Crippen LogP contribution is 2.22. The van der Waals surface area contributed by atoms with Crippen molar-refractivity contribution in [1.82, 2.24) is 15.5 Å². The Bertz CT molecular complexity index is 563. The minimum absolute atomic E-state index is 0.00104. The average Bonchev–Trinajstić information content (AvgIpc) is 2.97. The van der Waals surface area contributed by atoms with Gasteiger partial charge >= 0.3 is 6.18 Å². The van der Waals surface area contributed by atoms with Crippen molar-refractivity contribution >= 4 is 11.8 Å². The SMILES string of the molecule is O=C(CNC(=O)c1ccccc1)NCC1CCN(CC(F)(F)F)C1. The number of nitrogens with zero attached hydrogens (tertiary/aromatic N) is 1. The van der Waals surface area contributed by atoms with E-state index in [9.17, 15) is 22.8 Å².